The van der Waals surface area contributed by atoms with E-state index in [4.69, 9.17) is 0 Å². The number of halogens is 1. The topological polar surface area (TPSA) is 33.2 Å². The van der Waals surface area contributed by atoms with Gasteiger partial charge >= 0.3 is 0 Å². The van der Waals surface area contributed by atoms with E-state index in [1.807, 2.05) is 56.3 Å². The summed E-state index contributed by atoms with van der Waals surface area (Å²) >= 11 is 0. The molecule has 1 aromatic heterocycles. The molecule has 0 aliphatic rings. The molecule has 1 unspecified atom stereocenters. The fourth-order valence-electron chi connectivity index (χ4n) is 2.80. The van der Waals surface area contributed by atoms with Crippen molar-refractivity contribution in [2.45, 2.75) is 19.9 Å². The van der Waals surface area contributed by atoms with E-state index in [-0.39, 0.29) is 17.5 Å². The predicted molar refractivity (Wildman–Crippen MR) is 101 cm³/mol. The Kier molecular flexibility index (Phi) is 5.12. The Hall–Kier alpha value is -3.01. The molecule has 0 aliphatic heterocycles. The first-order valence-electron chi connectivity index (χ1n) is 8.52. The Balaban J connectivity index is 1.84. The lowest BCUT2D eigenvalue weighted by Gasteiger charge is -2.25. The molecule has 26 heavy (non-hydrogen) atoms. The van der Waals surface area contributed by atoms with Crippen molar-refractivity contribution >= 4 is 5.91 Å². The van der Waals surface area contributed by atoms with Gasteiger partial charge in [0.1, 0.15) is 5.82 Å². The maximum absolute atomic E-state index is 14.6. The Morgan fingerprint density at radius 3 is 2.35 bits per heavy atom. The number of hydrogen-bond donors (Lipinski definition) is 0. The van der Waals surface area contributed by atoms with E-state index in [9.17, 15) is 9.18 Å². The fraction of sp³-hybridized carbons (Fsp3) is 0.182. The molecule has 0 saturated carbocycles. The first-order chi connectivity index (χ1) is 12.5. The van der Waals surface area contributed by atoms with Gasteiger partial charge in [0, 0.05) is 13.2 Å². The molecule has 0 saturated heterocycles. The number of aromatic nitrogens is 1. The molecule has 4 heteroatoms. The van der Waals surface area contributed by atoms with Crippen molar-refractivity contribution < 1.29 is 9.18 Å². The van der Waals surface area contributed by atoms with Crippen molar-refractivity contribution in [2.75, 3.05) is 7.05 Å². The molecule has 1 amide bonds. The summed E-state index contributed by atoms with van der Waals surface area (Å²) in [4.78, 5) is 18.5. The summed E-state index contributed by atoms with van der Waals surface area (Å²) in [5, 5.41) is 0. The average Bonchev–Trinajstić information content (AvgIpc) is 2.67. The molecule has 1 atom stereocenters. The van der Waals surface area contributed by atoms with Crippen LogP contribution in [0.2, 0.25) is 0 Å². The molecule has 0 bridgehead atoms. The number of hydrogen-bond acceptors (Lipinski definition) is 2. The molecule has 0 spiro atoms. The maximum atomic E-state index is 14.6. The summed E-state index contributed by atoms with van der Waals surface area (Å²) < 4.78 is 14.6. The number of carbonyl (C=O) groups is 1. The van der Waals surface area contributed by atoms with Crippen molar-refractivity contribution in [3.05, 3.63) is 89.5 Å². The van der Waals surface area contributed by atoms with E-state index >= 15 is 0 Å². The normalized spacial score (nSPS) is 11.8. The van der Waals surface area contributed by atoms with Crippen molar-refractivity contribution in [2.24, 2.45) is 0 Å². The third-order valence-electron chi connectivity index (χ3n) is 4.60. The summed E-state index contributed by atoms with van der Waals surface area (Å²) in [6, 6.07) is 17.9. The smallest absolute Gasteiger partial charge is 0.257 e. The van der Waals surface area contributed by atoms with E-state index in [0.717, 1.165) is 22.4 Å². The van der Waals surface area contributed by atoms with Crippen LogP contribution < -0.4 is 0 Å². The van der Waals surface area contributed by atoms with Gasteiger partial charge in [0.25, 0.3) is 5.91 Å². The second-order valence-corrected chi connectivity index (χ2v) is 6.41. The lowest BCUT2D eigenvalue weighted by atomic mass is 10.0. The van der Waals surface area contributed by atoms with Crippen LogP contribution in [-0.4, -0.2) is 22.8 Å². The lowest BCUT2D eigenvalue weighted by molar-refractivity contribution is 0.0735. The molecule has 2 aromatic carbocycles. The highest BCUT2D eigenvalue weighted by Crippen LogP contribution is 2.25. The van der Waals surface area contributed by atoms with Gasteiger partial charge in [-0.05, 0) is 49.2 Å². The van der Waals surface area contributed by atoms with Crippen LogP contribution in [0.1, 0.15) is 34.6 Å². The number of pyridine rings is 1. The van der Waals surface area contributed by atoms with Gasteiger partial charge in [0.05, 0.1) is 17.3 Å². The Morgan fingerprint density at radius 2 is 1.73 bits per heavy atom. The van der Waals surface area contributed by atoms with E-state index in [2.05, 4.69) is 4.98 Å². The quantitative estimate of drug-likeness (QED) is 0.662. The van der Waals surface area contributed by atoms with Gasteiger partial charge in [0.2, 0.25) is 0 Å². The highest BCUT2D eigenvalue weighted by molar-refractivity contribution is 5.95. The second kappa shape index (κ2) is 7.48. The summed E-state index contributed by atoms with van der Waals surface area (Å²) in [6.07, 6.45) is 1.68. The van der Waals surface area contributed by atoms with Crippen molar-refractivity contribution in [1.82, 2.24) is 9.88 Å². The van der Waals surface area contributed by atoms with Gasteiger partial charge in [0.15, 0.2) is 0 Å². The van der Waals surface area contributed by atoms with Crippen molar-refractivity contribution in [3.63, 3.8) is 0 Å². The third-order valence-corrected chi connectivity index (χ3v) is 4.60. The standard InChI is InChI=1S/C22H21FN2O/c1-15-7-9-17(10-8-15)18-11-12-19(20(23)14-18)22(26)25(3)16(2)21-6-4-5-13-24-21/h4-14,16H,1-3H3. The van der Waals surface area contributed by atoms with Gasteiger partial charge < -0.3 is 4.90 Å². The summed E-state index contributed by atoms with van der Waals surface area (Å²) in [5.41, 5.74) is 3.64. The molecule has 3 rings (SSSR count). The Labute approximate surface area is 153 Å². The fourth-order valence-corrected chi connectivity index (χ4v) is 2.80. The van der Waals surface area contributed by atoms with Gasteiger partial charge in [-0.3, -0.25) is 9.78 Å². The first-order valence-corrected chi connectivity index (χ1v) is 8.52. The van der Waals surface area contributed by atoms with Crippen LogP contribution >= 0.6 is 0 Å². The number of benzene rings is 2. The van der Waals surface area contributed by atoms with E-state index in [0.29, 0.717) is 0 Å². The highest BCUT2D eigenvalue weighted by Gasteiger charge is 2.22. The average molecular weight is 348 g/mol. The number of amides is 1. The zero-order chi connectivity index (χ0) is 18.7. The van der Waals surface area contributed by atoms with Crippen LogP contribution in [0.4, 0.5) is 4.39 Å². The molecule has 132 valence electrons. The molecule has 3 aromatic rings. The van der Waals surface area contributed by atoms with E-state index in [1.165, 1.54) is 11.0 Å². The SMILES string of the molecule is Cc1ccc(-c2ccc(C(=O)N(C)C(C)c3ccccn3)c(F)c2)cc1. The molecular formula is C22H21FN2O. The van der Waals surface area contributed by atoms with Crippen molar-refractivity contribution in [1.29, 1.82) is 0 Å². The monoisotopic (exact) mass is 348 g/mol. The predicted octanol–water partition coefficient (Wildman–Crippen LogP) is 5.03. The van der Waals surface area contributed by atoms with E-state index in [1.54, 1.807) is 25.4 Å². The number of carbonyl (C=O) groups excluding carboxylic acids is 1. The molecule has 0 aliphatic carbocycles. The van der Waals surface area contributed by atoms with Crippen LogP contribution in [0.3, 0.4) is 0 Å². The highest BCUT2D eigenvalue weighted by atomic mass is 19.1. The van der Waals surface area contributed by atoms with Gasteiger partial charge in [-0.1, -0.05) is 42.0 Å². The van der Waals surface area contributed by atoms with Crippen LogP contribution in [0.15, 0.2) is 66.9 Å². The minimum Gasteiger partial charge on any atom is -0.333 e. The largest absolute Gasteiger partial charge is 0.333 e. The third kappa shape index (κ3) is 3.64. The van der Waals surface area contributed by atoms with Crippen LogP contribution in [0, 0.1) is 12.7 Å². The number of nitrogens with zero attached hydrogens (tertiary/aromatic N) is 2. The second-order valence-electron chi connectivity index (χ2n) is 6.41. The first kappa shape index (κ1) is 17.8. The molecule has 0 N–H and O–H groups in total. The van der Waals surface area contributed by atoms with Crippen LogP contribution in [0.5, 0.6) is 0 Å². The van der Waals surface area contributed by atoms with Gasteiger partial charge in [-0.2, -0.15) is 0 Å². The maximum Gasteiger partial charge on any atom is 0.257 e. The molecule has 0 radical (unpaired) electrons. The van der Waals surface area contributed by atoms with Crippen molar-refractivity contribution in [3.8, 4) is 11.1 Å². The van der Waals surface area contributed by atoms with Gasteiger partial charge in [-0.25, -0.2) is 4.39 Å². The van der Waals surface area contributed by atoms with E-state index < -0.39 is 5.82 Å². The van der Waals surface area contributed by atoms with Crippen LogP contribution in [0.25, 0.3) is 11.1 Å². The summed E-state index contributed by atoms with van der Waals surface area (Å²) in [6.45, 7) is 3.88. The zero-order valence-corrected chi connectivity index (χ0v) is 15.1. The Bertz CT molecular complexity index is 907. The van der Waals surface area contributed by atoms with Crippen LogP contribution in [-0.2, 0) is 0 Å². The Morgan fingerprint density at radius 1 is 1.04 bits per heavy atom. The molecule has 0 fully saturated rings. The number of rotatable bonds is 4. The zero-order valence-electron chi connectivity index (χ0n) is 15.1. The van der Waals surface area contributed by atoms with Gasteiger partial charge in [-0.15, -0.1) is 0 Å². The lowest BCUT2D eigenvalue weighted by Crippen LogP contribution is -2.30. The summed E-state index contributed by atoms with van der Waals surface area (Å²) in [5.74, 6) is -0.885. The number of aryl methyl sites for hydroxylation is 1. The minimum atomic E-state index is -0.520. The molecule has 1 heterocycles. The molecular weight excluding hydrogens is 327 g/mol. The summed E-state index contributed by atoms with van der Waals surface area (Å²) in [7, 11) is 1.66. The molecule has 3 nitrogen and oxygen atoms in total. The minimum absolute atomic E-state index is 0.0612.